The van der Waals surface area contributed by atoms with Gasteiger partial charge in [-0.25, -0.2) is 0 Å². The van der Waals surface area contributed by atoms with E-state index in [2.05, 4.69) is 24.9 Å². The van der Waals surface area contributed by atoms with Gasteiger partial charge >= 0.3 is 0 Å². The zero-order valence-corrected chi connectivity index (χ0v) is 11.8. The first-order valence-corrected chi connectivity index (χ1v) is 6.17. The molecule has 0 N–H and O–H groups in total. The van der Waals surface area contributed by atoms with Crippen molar-refractivity contribution in [2.24, 2.45) is 0 Å². The molecular formula is C14H24N2O. The Morgan fingerprint density at radius 3 is 2.29 bits per heavy atom. The van der Waals surface area contributed by atoms with Crippen molar-refractivity contribution >= 4 is 5.91 Å². The molecule has 1 aromatic rings. The third kappa shape index (κ3) is 5.48. The van der Waals surface area contributed by atoms with Gasteiger partial charge < -0.3 is 4.90 Å². The van der Waals surface area contributed by atoms with Gasteiger partial charge in [-0.1, -0.05) is 33.8 Å². The topological polar surface area (TPSA) is 33.2 Å². The SMILES string of the molecule is CC.CC(=O)N(C)Cc1ccc(C(C)C)cn1. The van der Waals surface area contributed by atoms with Gasteiger partial charge in [0.1, 0.15) is 0 Å². The number of amides is 1. The van der Waals surface area contributed by atoms with Gasteiger partial charge in [0.25, 0.3) is 0 Å². The van der Waals surface area contributed by atoms with Crippen molar-refractivity contribution in [3.8, 4) is 0 Å². The lowest BCUT2D eigenvalue weighted by atomic mass is 10.1. The van der Waals surface area contributed by atoms with Crippen LogP contribution < -0.4 is 0 Å². The predicted octanol–water partition coefficient (Wildman–Crippen LogP) is 3.21. The van der Waals surface area contributed by atoms with Crippen LogP contribution in [0.4, 0.5) is 0 Å². The molecule has 0 aliphatic carbocycles. The van der Waals surface area contributed by atoms with Gasteiger partial charge in [0.2, 0.25) is 5.91 Å². The maximum atomic E-state index is 11.0. The first-order valence-electron chi connectivity index (χ1n) is 6.17. The van der Waals surface area contributed by atoms with E-state index in [1.54, 1.807) is 18.9 Å². The Balaban J connectivity index is 0.00000121. The minimum atomic E-state index is 0.0599. The zero-order valence-electron chi connectivity index (χ0n) is 11.8. The van der Waals surface area contributed by atoms with E-state index in [0.29, 0.717) is 12.5 Å². The van der Waals surface area contributed by atoms with Crippen LogP contribution in [0.5, 0.6) is 0 Å². The Hall–Kier alpha value is -1.38. The monoisotopic (exact) mass is 236 g/mol. The van der Waals surface area contributed by atoms with E-state index in [-0.39, 0.29) is 5.91 Å². The van der Waals surface area contributed by atoms with Gasteiger partial charge in [-0.05, 0) is 17.5 Å². The summed E-state index contributed by atoms with van der Waals surface area (Å²) in [6.07, 6.45) is 1.88. The van der Waals surface area contributed by atoms with Crippen molar-refractivity contribution in [3.05, 3.63) is 29.6 Å². The van der Waals surface area contributed by atoms with Gasteiger partial charge in [-0.3, -0.25) is 9.78 Å². The average Bonchev–Trinajstić information content (AvgIpc) is 2.32. The fourth-order valence-electron chi connectivity index (χ4n) is 1.23. The molecule has 0 spiro atoms. The minimum absolute atomic E-state index is 0.0599. The summed E-state index contributed by atoms with van der Waals surface area (Å²) in [5.41, 5.74) is 2.15. The van der Waals surface area contributed by atoms with Crippen LogP contribution in [-0.2, 0) is 11.3 Å². The van der Waals surface area contributed by atoms with E-state index in [9.17, 15) is 4.79 Å². The van der Waals surface area contributed by atoms with Crippen LogP contribution in [0.25, 0.3) is 0 Å². The van der Waals surface area contributed by atoms with E-state index in [4.69, 9.17) is 0 Å². The molecule has 3 heteroatoms. The van der Waals surface area contributed by atoms with E-state index < -0.39 is 0 Å². The molecule has 1 amide bonds. The highest BCUT2D eigenvalue weighted by Gasteiger charge is 2.05. The van der Waals surface area contributed by atoms with Gasteiger partial charge in [0.05, 0.1) is 12.2 Å². The molecule has 1 heterocycles. The Bertz CT molecular complexity index is 331. The van der Waals surface area contributed by atoms with Crippen LogP contribution in [0.15, 0.2) is 18.3 Å². The molecule has 0 aliphatic rings. The van der Waals surface area contributed by atoms with Crippen LogP contribution >= 0.6 is 0 Å². The number of nitrogens with zero attached hydrogens (tertiary/aromatic N) is 2. The standard InChI is InChI=1S/C12H18N2O.C2H6/c1-9(2)11-5-6-12(13-7-11)8-14(4)10(3)15;1-2/h5-7,9H,8H2,1-4H3;1-2H3. The van der Waals surface area contributed by atoms with Crippen molar-refractivity contribution in [2.75, 3.05) is 7.05 Å². The second-order valence-electron chi connectivity index (χ2n) is 4.11. The number of hydrogen-bond donors (Lipinski definition) is 0. The summed E-state index contributed by atoms with van der Waals surface area (Å²) in [6.45, 7) is 10.4. The molecule has 0 aliphatic heterocycles. The Kier molecular flexibility index (Phi) is 7.19. The summed E-state index contributed by atoms with van der Waals surface area (Å²) in [5.74, 6) is 0.557. The summed E-state index contributed by atoms with van der Waals surface area (Å²) >= 11 is 0. The van der Waals surface area contributed by atoms with Crippen LogP contribution in [0.2, 0.25) is 0 Å². The number of carbonyl (C=O) groups is 1. The molecule has 17 heavy (non-hydrogen) atoms. The minimum Gasteiger partial charge on any atom is -0.340 e. The predicted molar refractivity (Wildman–Crippen MR) is 71.8 cm³/mol. The van der Waals surface area contributed by atoms with Gasteiger partial charge in [-0.2, -0.15) is 0 Å². The second kappa shape index (κ2) is 7.82. The molecule has 1 rings (SSSR count). The molecule has 0 bridgehead atoms. The summed E-state index contributed by atoms with van der Waals surface area (Å²) in [6, 6.07) is 4.05. The zero-order chi connectivity index (χ0) is 13.4. The number of pyridine rings is 1. The lowest BCUT2D eigenvalue weighted by Crippen LogP contribution is -2.23. The van der Waals surface area contributed by atoms with Crippen LogP contribution in [0.1, 0.15) is 51.8 Å². The van der Waals surface area contributed by atoms with Gasteiger partial charge in [0, 0.05) is 20.2 Å². The van der Waals surface area contributed by atoms with Crippen molar-refractivity contribution < 1.29 is 4.79 Å². The number of aromatic nitrogens is 1. The quantitative estimate of drug-likeness (QED) is 0.807. The third-order valence-corrected chi connectivity index (χ3v) is 2.45. The number of rotatable bonds is 3. The fourth-order valence-corrected chi connectivity index (χ4v) is 1.23. The lowest BCUT2D eigenvalue weighted by molar-refractivity contribution is -0.128. The lowest BCUT2D eigenvalue weighted by Gasteiger charge is -2.14. The number of carbonyl (C=O) groups excluding carboxylic acids is 1. The maximum absolute atomic E-state index is 11.0. The molecule has 0 unspecified atom stereocenters. The van der Waals surface area contributed by atoms with E-state index in [1.807, 2.05) is 26.1 Å². The number of hydrogen-bond acceptors (Lipinski definition) is 2. The highest BCUT2D eigenvalue weighted by Crippen LogP contribution is 2.13. The van der Waals surface area contributed by atoms with Crippen molar-refractivity contribution in [1.29, 1.82) is 0 Å². The van der Waals surface area contributed by atoms with E-state index in [0.717, 1.165) is 5.69 Å². The Morgan fingerprint density at radius 2 is 1.94 bits per heavy atom. The molecule has 0 fully saturated rings. The Morgan fingerprint density at radius 1 is 1.35 bits per heavy atom. The normalized spacial score (nSPS) is 9.59. The molecular weight excluding hydrogens is 212 g/mol. The maximum Gasteiger partial charge on any atom is 0.219 e. The summed E-state index contributed by atoms with van der Waals surface area (Å²) < 4.78 is 0. The average molecular weight is 236 g/mol. The largest absolute Gasteiger partial charge is 0.340 e. The molecule has 3 nitrogen and oxygen atoms in total. The molecule has 0 atom stereocenters. The van der Waals surface area contributed by atoms with Crippen LogP contribution in [0.3, 0.4) is 0 Å². The summed E-state index contributed by atoms with van der Waals surface area (Å²) in [7, 11) is 1.78. The van der Waals surface area contributed by atoms with Crippen molar-refractivity contribution in [2.45, 2.75) is 47.1 Å². The third-order valence-electron chi connectivity index (χ3n) is 2.45. The molecule has 0 saturated heterocycles. The fraction of sp³-hybridized carbons (Fsp3) is 0.571. The highest BCUT2D eigenvalue weighted by atomic mass is 16.2. The van der Waals surface area contributed by atoms with Gasteiger partial charge in [0.15, 0.2) is 0 Å². The molecule has 0 radical (unpaired) electrons. The Labute approximate surface area is 105 Å². The van der Waals surface area contributed by atoms with Gasteiger partial charge in [-0.15, -0.1) is 0 Å². The van der Waals surface area contributed by atoms with E-state index in [1.165, 1.54) is 5.56 Å². The van der Waals surface area contributed by atoms with Crippen LogP contribution in [0, 0.1) is 0 Å². The summed E-state index contributed by atoms with van der Waals surface area (Å²) in [4.78, 5) is 17.0. The molecule has 0 aromatic carbocycles. The van der Waals surface area contributed by atoms with Crippen LogP contribution in [-0.4, -0.2) is 22.8 Å². The van der Waals surface area contributed by atoms with E-state index >= 15 is 0 Å². The smallest absolute Gasteiger partial charge is 0.219 e. The van der Waals surface area contributed by atoms with Crippen molar-refractivity contribution in [1.82, 2.24) is 9.88 Å². The molecule has 96 valence electrons. The molecule has 1 aromatic heterocycles. The first-order chi connectivity index (χ1) is 8.00. The molecule has 0 saturated carbocycles. The highest BCUT2D eigenvalue weighted by molar-refractivity contribution is 5.72. The summed E-state index contributed by atoms with van der Waals surface area (Å²) in [5, 5.41) is 0. The second-order valence-corrected chi connectivity index (χ2v) is 4.11. The first kappa shape index (κ1) is 15.6. The van der Waals surface area contributed by atoms with Crippen molar-refractivity contribution in [3.63, 3.8) is 0 Å².